The van der Waals surface area contributed by atoms with Gasteiger partial charge in [-0.05, 0) is 81.0 Å². The SMILES string of the molecule is C.C=C/C=C1/CCC2C(CCC3(C)C(C(=C)CC)CCC23)C1(C)/C=C\C.CC. The van der Waals surface area contributed by atoms with Crippen molar-refractivity contribution in [1.82, 2.24) is 0 Å². The number of allylic oxidation sites excluding steroid dienone is 6. The lowest BCUT2D eigenvalue weighted by molar-refractivity contribution is -0.0277. The minimum atomic E-state index is 0. The van der Waals surface area contributed by atoms with Crippen LogP contribution in [-0.4, -0.2) is 0 Å². The van der Waals surface area contributed by atoms with Crippen LogP contribution in [0.3, 0.4) is 0 Å². The molecule has 3 saturated carbocycles. The topological polar surface area (TPSA) is 0 Å². The molecule has 0 N–H and O–H groups in total. The lowest BCUT2D eigenvalue weighted by Gasteiger charge is -2.57. The van der Waals surface area contributed by atoms with Crippen molar-refractivity contribution in [2.45, 2.75) is 93.9 Å². The van der Waals surface area contributed by atoms with Gasteiger partial charge in [0.25, 0.3) is 0 Å². The Morgan fingerprint density at radius 2 is 1.79 bits per heavy atom. The van der Waals surface area contributed by atoms with E-state index in [9.17, 15) is 0 Å². The molecule has 3 aliphatic carbocycles. The van der Waals surface area contributed by atoms with Gasteiger partial charge >= 0.3 is 0 Å². The number of fused-ring (bicyclic) bond motifs is 3. The molecule has 0 amide bonds. The van der Waals surface area contributed by atoms with Crippen LogP contribution >= 0.6 is 0 Å². The number of rotatable bonds is 4. The highest BCUT2D eigenvalue weighted by atomic mass is 14.6. The molecule has 0 nitrogen and oxygen atoms in total. The molecule has 3 rings (SSSR count). The van der Waals surface area contributed by atoms with E-state index in [0.717, 1.165) is 30.1 Å². The zero-order valence-electron chi connectivity index (χ0n) is 19.0. The third-order valence-electron chi connectivity index (χ3n) is 8.43. The first-order valence-corrected chi connectivity index (χ1v) is 11.6. The predicted molar refractivity (Wildman–Crippen MR) is 128 cm³/mol. The van der Waals surface area contributed by atoms with E-state index < -0.39 is 0 Å². The summed E-state index contributed by atoms with van der Waals surface area (Å²) in [5.74, 6) is 3.35. The van der Waals surface area contributed by atoms with E-state index in [2.05, 4.69) is 59.1 Å². The fourth-order valence-corrected chi connectivity index (χ4v) is 7.16. The van der Waals surface area contributed by atoms with Crippen LogP contribution < -0.4 is 0 Å². The van der Waals surface area contributed by atoms with Crippen LogP contribution in [0.2, 0.25) is 0 Å². The van der Waals surface area contributed by atoms with Gasteiger partial charge in [0.05, 0.1) is 0 Å². The second-order valence-corrected chi connectivity index (χ2v) is 9.31. The average molecular weight is 385 g/mol. The van der Waals surface area contributed by atoms with E-state index in [-0.39, 0.29) is 12.8 Å². The largest absolute Gasteiger partial charge is 0.0996 e. The Balaban J connectivity index is 0.00000127. The normalized spacial score (nSPS) is 40.7. The third-order valence-corrected chi connectivity index (χ3v) is 8.43. The summed E-state index contributed by atoms with van der Waals surface area (Å²) in [6.45, 7) is 22.0. The van der Waals surface area contributed by atoms with E-state index in [1.807, 2.05) is 19.9 Å². The first kappa shape index (κ1) is 25.0. The lowest BCUT2D eigenvalue weighted by atomic mass is 9.48. The molecule has 0 radical (unpaired) electrons. The molecule has 6 atom stereocenters. The quantitative estimate of drug-likeness (QED) is 0.424. The van der Waals surface area contributed by atoms with Crippen molar-refractivity contribution in [3.8, 4) is 0 Å². The molecule has 0 aromatic rings. The molecule has 0 aliphatic heterocycles. The van der Waals surface area contributed by atoms with E-state index in [1.54, 1.807) is 5.57 Å². The fourth-order valence-electron chi connectivity index (χ4n) is 7.16. The van der Waals surface area contributed by atoms with Gasteiger partial charge in [-0.3, -0.25) is 0 Å². The van der Waals surface area contributed by atoms with Crippen molar-refractivity contribution in [2.24, 2.45) is 34.5 Å². The summed E-state index contributed by atoms with van der Waals surface area (Å²) >= 11 is 0. The smallest absolute Gasteiger partial charge is 0.00964 e. The van der Waals surface area contributed by atoms with Crippen molar-refractivity contribution in [2.75, 3.05) is 0 Å². The minimum Gasteiger partial charge on any atom is -0.0996 e. The summed E-state index contributed by atoms with van der Waals surface area (Å²) < 4.78 is 0. The van der Waals surface area contributed by atoms with Crippen LogP contribution in [0.25, 0.3) is 0 Å². The van der Waals surface area contributed by atoms with Gasteiger partial charge < -0.3 is 0 Å². The maximum absolute atomic E-state index is 4.46. The number of hydrogen-bond acceptors (Lipinski definition) is 0. The molecular weight excluding hydrogens is 336 g/mol. The zero-order chi connectivity index (χ0) is 20.2. The Hall–Kier alpha value is -1.04. The molecule has 0 bridgehead atoms. The van der Waals surface area contributed by atoms with Crippen molar-refractivity contribution >= 4 is 0 Å². The lowest BCUT2D eigenvalue weighted by Crippen LogP contribution is -2.49. The summed E-state index contributed by atoms with van der Waals surface area (Å²) in [6, 6.07) is 0. The fraction of sp³-hybridized carbons (Fsp3) is 0.714. The highest BCUT2D eigenvalue weighted by molar-refractivity contribution is 5.30. The molecule has 0 aromatic carbocycles. The van der Waals surface area contributed by atoms with E-state index in [1.165, 1.54) is 44.1 Å². The third kappa shape index (κ3) is 3.99. The molecule has 160 valence electrons. The van der Waals surface area contributed by atoms with Gasteiger partial charge in [0, 0.05) is 5.41 Å². The van der Waals surface area contributed by atoms with Crippen LogP contribution in [0.5, 0.6) is 0 Å². The van der Waals surface area contributed by atoms with Crippen LogP contribution in [0.1, 0.15) is 93.9 Å². The molecule has 3 fully saturated rings. The predicted octanol–water partition coefficient (Wildman–Crippen LogP) is 9.16. The summed E-state index contributed by atoms with van der Waals surface area (Å²) in [7, 11) is 0. The summed E-state index contributed by atoms with van der Waals surface area (Å²) in [5.41, 5.74) is 3.86. The maximum Gasteiger partial charge on any atom is 0.00964 e. The first-order chi connectivity index (χ1) is 12.9. The van der Waals surface area contributed by atoms with Gasteiger partial charge in [-0.15, -0.1) is 0 Å². The molecule has 0 heteroatoms. The van der Waals surface area contributed by atoms with Gasteiger partial charge in [0.15, 0.2) is 0 Å². The molecule has 0 saturated heterocycles. The highest BCUT2D eigenvalue weighted by Crippen LogP contribution is 2.66. The van der Waals surface area contributed by atoms with E-state index in [0.29, 0.717) is 5.41 Å². The van der Waals surface area contributed by atoms with Crippen molar-refractivity contribution in [3.63, 3.8) is 0 Å². The molecule has 0 aromatic heterocycles. The molecule has 6 unspecified atom stereocenters. The monoisotopic (exact) mass is 384 g/mol. The summed E-state index contributed by atoms with van der Waals surface area (Å²) in [4.78, 5) is 0. The highest BCUT2D eigenvalue weighted by Gasteiger charge is 2.58. The molecule has 3 aliphatic rings. The van der Waals surface area contributed by atoms with Crippen molar-refractivity contribution in [1.29, 1.82) is 0 Å². The molecule has 0 heterocycles. The second-order valence-electron chi connectivity index (χ2n) is 9.31. The maximum atomic E-state index is 4.46. The van der Waals surface area contributed by atoms with Crippen LogP contribution in [-0.2, 0) is 0 Å². The van der Waals surface area contributed by atoms with Gasteiger partial charge in [-0.25, -0.2) is 0 Å². The van der Waals surface area contributed by atoms with Gasteiger partial charge in [0.1, 0.15) is 0 Å². The second kappa shape index (κ2) is 10.1. The Morgan fingerprint density at radius 1 is 1.11 bits per heavy atom. The molecular formula is C28H48. The Morgan fingerprint density at radius 3 is 2.36 bits per heavy atom. The standard InChI is InChI=1S/C25H38.C2H6.CH4/c1-7-10-19-11-12-20-22-14-13-21(18(4)9-3)25(22,6)17-15-23(20)24(19,5)16-8-2;1-2;/h7-8,10,16,20-23H,1,4,9,11-15,17H2,2-3,5-6H3;1-2H3;1H4/b16-8-,19-10-;;. The molecule has 0 spiro atoms. The van der Waals surface area contributed by atoms with Crippen LogP contribution in [0.4, 0.5) is 0 Å². The Labute approximate surface area is 177 Å². The van der Waals surface area contributed by atoms with Crippen LogP contribution in [0, 0.1) is 34.5 Å². The Bertz CT molecular complexity index is 591. The summed E-state index contributed by atoms with van der Waals surface area (Å²) in [5, 5.41) is 0. The van der Waals surface area contributed by atoms with E-state index in [4.69, 9.17) is 0 Å². The Kier molecular flexibility index (Phi) is 9.04. The summed E-state index contributed by atoms with van der Waals surface area (Å²) in [6.07, 6.45) is 18.4. The first-order valence-electron chi connectivity index (χ1n) is 11.6. The number of hydrogen-bond donors (Lipinski definition) is 0. The molecule has 28 heavy (non-hydrogen) atoms. The van der Waals surface area contributed by atoms with Gasteiger partial charge in [-0.1, -0.05) is 90.7 Å². The van der Waals surface area contributed by atoms with Crippen LogP contribution in [0.15, 0.2) is 48.6 Å². The zero-order valence-corrected chi connectivity index (χ0v) is 19.0. The van der Waals surface area contributed by atoms with Crippen molar-refractivity contribution in [3.05, 3.63) is 48.6 Å². The van der Waals surface area contributed by atoms with E-state index >= 15 is 0 Å². The average Bonchev–Trinajstić information content (AvgIpc) is 3.03. The minimum absolute atomic E-state index is 0. The van der Waals surface area contributed by atoms with Gasteiger partial charge in [-0.2, -0.15) is 0 Å². The van der Waals surface area contributed by atoms with Crippen molar-refractivity contribution < 1.29 is 0 Å². The van der Waals surface area contributed by atoms with Gasteiger partial charge in [0.2, 0.25) is 0 Å².